The number of nitrogens with zero attached hydrogens (tertiary/aromatic N) is 2. The Morgan fingerprint density at radius 3 is 2.94 bits per heavy atom. The minimum absolute atomic E-state index is 0.490. The standard InChI is InChI=1S/C12H22ClN3S/c1-4-11-9-16(6-7-17-11)12(14-5-2)15-8-10(3)13/h11H,3-9H2,1-2H3,(H,14,15). The van der Waals surface area contributed by atoms with Crippen LogP contribution in [0.25, 0.3) is 0 Å². The van der Waals surface area contributed by atoms with Crippen LogP contribution in [-0.2, 0) is 0 Å². The second-order valence-electron chi connectivity index (χ2n) is 4.03. The monoisotopic (exact) mass is 275 g/mol. The van der Waals surface area contributed by atoms with Gasteiger partial charge in [0.2, 0.25) is 0 Å². The Bertz CT molecular complexity index is 281. The van der Waals surface area contributed by atoms with E-state index >= 15 is 0 Å². The van der Waals surface area contributed by atoms with Gasteiger partial charge in [-0.1, -0.05) is 25.1 Å². The quantitative estimate of drug-likeness (QED) is 0.631. The molecule has 0 aromatic heterocycles. The minimum Gasteiger partial charge on any atom is -0.357 e. The van der Waals surface area contributed by atoms with Gasteiger partial charge in [0.15, 0.2) is 5.96 Å². The maximum absolute atomic E-state index is 5.76. The zero-order valence-corrected chi connectivity index (χ0v) is 12.3. The maximum atomic E-state index is 5.76. The summed E-state index contributed by atoms with van der Waals surface area (Å²) in [5, 5.41) is 4.62. The predicted octanol–water partition coefficient (Wildman–Crippen LogP) is 2.53. The Labute approximate surface area is 114 Å². The lowest BCUT2D eigenvalue weighted by Crippen LogP contribution is -2.48. The summed E-state index contributed by atoms with van der Waals surface area (Å²) in [6, 6.07) is 0. The highest BCUT2D eigenvalue weighted by atomic mass is 35.5. The smallest absolute Gasteiger partial charge is 0.194 e. The van der Waals surface area contributed by atoms with Gasteiger partial charge in [-0.05, 0) is 13.3 Å². The van der Waals surface area contributed by atoms with Crippen molar-refractivity contribution in [2.75, 3.05) is 31.9 Å². The van der Waals surface area contributed by atoms with Crippen molar-refractivity contribution in [2.45, 2.75) is 25.5 Å². The van der Waals surface area contributed by atoms with Gasteiger partial charge >= 0.3 is 0 Å². The third kappa shape index (κ3) is 5.21. The molecule has 0 radical (unpaired) electrons. The molecule has 1 unspecified atom stereocenters. The summed E-state index contributed by atoms with van der Waals surface area (Å²) in [5.41, 5.74) is 0. The number of guanidine groups is 1. The van der Waals surface area contributed by atoms with E-state index in [-0.39, 0.29) is 0 Å². The van der Waals surface area contributed by atoms with Crippen LogP contribution in [0.15, 0.2) is 16.6 Å². The summed E-state index contributed by atoms with van der Waals surface area (Å²) in [5.74, 6) is 2.14. The van der Waals surface area contributed by atoms with Crippen molar-refractivity contribution in [2.24, 2.45) is 4.99 Å². The van der Waals surface area contributed by atoms with Gasteiger partial charge in [-0.3, -0.25) is 0 Å². The van der Waals surface area contributed by atoms with Gasteiger partial charge in [-0.2, -0.15) is 11.8 Å². The summed E-state index contributed by atoms with van der Waals surface area (Å²) in [6.45, 7) is 11.5. The van der Waals surface area contributed by atoms with Crippen molar-refractivity contribution in [3.8, 4) is 0 Å². The van der Waals surface area contributed by atoms with Crippen molar-refractivity contribution < 1.29 is 0 Å². The molecule has 0 spiro atoms. The first-order chi connectivity index (χ1) is 8.17. The van der Waals surface area contributed by atoms with Crippen LogP contribution in [0.1, 0.15) is 20.3 Å². The van der Waals surface area contributed by atoms with Crippen LogP contribution in [0, 0.1) is 0 Å². The summed E-state index contributed by atoms with van der Waals surface area (Å²) in [6.07, 6.45) is 1.21. The van der Waals surface area contributed by atoms with Crippen LogP contribution >= 0.6 is 23.4 Å². The second kappa shape index (κ2) is 7.88. The molecule has 1 fully saturated rings. The summed E-state index contributed by atoms with van der Waals surface area (Å²) < 4.78 is 0. The molecule has 1 N–H and O–H groups in total. The van der Waals surface area contributed by atoms with E-state index in [0.717, 1.165) is 25.6 Å². The lowest BCUT2D eigenvalue weighted by atomic mass is 10.3. The molecule has 0 saturated carbocycles. The molecule has 0 amide bonds. The van der Waals surface area contributed by atoms with E-state index < -0.39 is 0 Å². The molecule has 0 bridgehead atoms. The number of rotatable bonds is 4. The number of aliphatic imine (C=N–C) groups is 1. The van der Waals surface area contributed by atoms with E-state index in [4.69, 9.17) is 11.6 Å². The van der Waals surface area contributed by atoms with Crippen LogP contribution in [0.3, 0.4) is 0 Å². The number of halogens is 1. The van der Waals surface area contributed by atoms with Crippen molar-refractivity contribution >= 4 is 29.3 Å². The minimum atomic E-state index is 0.490. The third-order valence-electron chi connectivity index (χ3n) is 2.63. The van der Waals surface area contributed by atoms with E-state index in [0.29, 0.717) is 16.8 Å². The van der Waals surface area contributed by atoms with Gasteiger partial charge in [0.25, 0.3) is 0 Å². The molecule has 0 aliphatic carbocycles. The molecule has 1 heterocycles. The molecule has 1 aliphatic rings. The van der Waals surface area contributed by atoms with Crippen molar-refractivity contribution in [3.05, 3.63) is 11.6 Å². The first kappa shape index (κ1) is 14.7. The normalized spacial score (nSPS) is 21.5. The van der Waals surface area contributed by atoms with E-state index in [1.807, 2.05) is 0 Å². The number of thioether (sulfide) groups is 1. The van der Waals surface area contributed by atoms with Gasteiger partial charge in [0.05, 0.1) is 6.54 Å². The summed E-state index contributed by atoms with van der Waals surface area (Å²) >= 11 is 7.82. The number of nitrogens with one attached hydrogen (secondary N) is 1. The van der Waals surface area contributed by atoms with Gasteiger partial charge < -0.3 is 10.2 Å². The summed E-state index contributed by atoms with van der Waals surface area (Å²) in [7, 11) is 0. The molecule has 1 atom stereocenters. The van der Waals surface area contributed by atoms with Crippen LogP contribution in [-0.4, -0.2) is 48.0 Å². The highest BCUT2D eigenvalue weighted by Gasteiger charge is 2.21. The number of hydrogen-bond donors (Lipinski definition) is 1. The second-order valence-corrected chi connectivity index (χ2v) is 5.98. The van der Waals surface area contributed by atoms with Crippen molar-refractivity contribution in [1.82, 2.24) is 10.2 Å². The van der Waals surface area contributed by atoms with Crippen LogP contribution in [0.2, 0.25) is 0 Å². The third-order valence-corrected chi connectivity index (χ3v) is 4.12. The van der Waals surface area contributed by atoms with E-state index in [2.05, 4.69) is 47.4 Å². The first-order valence-corrected chi connectivity index (χ1v) is 7.58. The zero-order valence-electron chi connectivity index (χ0n) is 10.7. The molecule has 17 heavy (non-hydrogen) atoms. The first-order valence-electron chi connectivity index (χ1n) is 6.15. The summed E-state index contributed by atoms with van der Waals surface area (Å²) in [4.78, 5) is 6.82. The molecule has 0 aromatic carbocycles. The van der Waals surface area contributed by atoms with E-state index in [1.54, 1.807) is 0 Å². The number of hydrogen-bond acceptors (Lipinski definition) is 2. The van der Waals surface area contributed by atoms with E-state index in [1.165, 1.54) is 12.2 Å². The van der Waals surface area contributed by atoms with Crippen molar-refractivity contribution in [3.63, 3.8) is 0 Å². The highest BCUT2D eigenvalue weighted by Crippen LogP contribution is 2.21. The fraction of sp³-hybridized carbons (Fsp3) is 0.750. The van der Waals surface area contributed by atoms with Crippen LogP contribution in [0.4, 0.5) is 0 Å². The lowest BCUT2D eigenvalue weighted by Gasteiger charge is -2.34. The Hall–Kier alpha value is -0.350. The predicted molar refractivity (Wildman–Crippen MR) is 79.1 cm³/mol. The fourth-order valence-corrected chi connectivity index (χ4v) is 2.99. The lowest BCUT2D eigenvalue weighted by molar-refractivity contribution is 0.409. The van der Waals surface area contributed by atoms with Gasteiger partial charge in [0.1, 0.15) is 0 Å². The van der Waals surface area contributed by atoms with Gasteiger partial charge in [-0.15, -0.1) is 0 Å². The topological polar surface area (TPSA) is 27.6 Å². The molecule has 5 heteroatoms. The zero-order chi connectivity index (χ0) is 12.7. The molecular weight excluding hydrogens is 254 g/mol. The molecule has 98 valence electrons. The maximum Gasteiger partial charge on any atom is 0.194 e. The van der Waals surface area contributed by atoms with Gasteiger partial charge in [0, 0.05) is 35.7 Å². The largest absolute Gasteiger partial charge is 0.357 e. The fourth-order valence-electron chi connectivity index (χ4n) is 1.75. The van der Waals surface area contributed by atoms with Crippen LogP contribution in [0.5, 0.6) is 0 Å². The molecular formula is C12H22ClN3S. The SMILES string of the molecule is C=C(Cl)CN=C(NCC)N1CCSC(CC)C1. The average molecular weight is 276 g/mol. The molecule has 1 aliphatic heterocycles. The van der Waals surface area contributed by atoms with Gasteiger partial charge in [-0.25, -0.2) is 4.99 Å². The molecule has 0 aromatic rings. The molecule has 1 saturated heterocycles. The Morgan fingerprint density at radius 2 is 2.35 bits per heavy atom. The Morgan fingerprint density at radius 1 is 1.59 bits per heavy atom. The molecule has 1 rings (SSSR count). The highest BCUT2D eigenvalue weighted by molar-refractivity contribution is 8.00. The van der Waals surface area contributed by atoms with Crippen molar-refractivity contribution in [1.29, 1.82) is 0 Å². The Kier molecular flexibility index (Phi) is 6.82. The van der Waals surface area contributed by atoms with Crippen LogP contribution < -0.4 is 5.32 Å². The molecule has 3 nitrogen and oxygen atoms in total. The average Bonchev–Trinajstić information content (AvgIpc) is 2.34. The van der Waals surface area contributed by atoms with E-state index in [9.17, 15) is 0 Å². The Balaban J connectivity index is 2.62.